The van der Waals surface area contributed by atoms with Gasteiger partial charge in [-0.05, 0) is 50.3 Å². The van der Waals surface area contributed by atoms with Gasteiger partial charge in [-0.15, -0.1) is 0 Å². The van der Waals surface area contributed by atoms with Gasteiger partial charge in [0.15, 0.2) is 0 Å². The lowest BCUT2D eigenvalue weighted by atomic mass is 9.93. The Kier molecular flexibility index (Phi) is 7.07. The van der Waals surface area contributed by atoms with Crippen LogP contribution in [-0.4, -0.2) is 65.6 Å². The molecular weight excluding hydrogens is 448 g/mol. The number of fused-ring (bicyclic) bond motifs is 3. The van der Waals surface area contributed by atoms with Crippen molar-refractivity contribution in [2.45, 2.75) is 65.1 Å². The molecule has 2 N–H and O–H groups in total. The van der Waals surface area contributed by atoms with E-state index in [1.165, 1.54) is 6.92 Å². The zero-order chi connectivity index (χ0) is 25.3. The minimum absolute atomic E-state index is 0.123. The van der Waals surface area contributed by atoms with Gasteiger partial charge in [-0.2, -0.15) is 0 Å². The largest absolute Gasteiger partial charge is 0.497 e. The first-order valence-corrected chi connectivity index (χ1v) is 12.4. The molecule has 9 nitrogen and oxygen atoms in total. The summed E-state index contributed by atoms with van der Waals surface area (Å²) in [4.78, 5) is 41.5. The highest BCUT2D eigenvalue weighted by Crippen LogP contribution is 2.40. The van der Waals surface area contributed by atoms with Crippen molar-refractivity contribution in [1.29, 1.82) is 0 Å². The summed E-state index contributed by atoms with van der Waals surface area (Å²) in [6.07, 6.45) is 2.50. The van der Waals surface area contributed by atoms with E-state index in [1.807, 2.05) is 29.7 Å². The number of benzene rings is 1. The van der Waals surface area contributed by atoms with Crippen LogP contribution in [0.5, 0.6) is 5.75 Å². The fourth-order valence-electron chi connectivity index (χ4n) is 5.03. The Balaban J connectivity index is 1.82. The van der Waals surface area contributed by atoms with Crippen LogP contribution in [0.15, 0.2) is 18.2 Å². The number of carbonyl (C=O) groups is 3. The number of hydrogen-bond donors (Lipinski definition) is 2. The Morgan fingerprint density at radius 3 is 2.71 bits per heavy atom. The van der Waals surface area contributed by atoms with Crippen molar-refractivity contribution in [3.05, 3.63) is 23.9 Å². The summed E-state index contributed by atoms with van der Waals surface area (Å²) in [7, 11) is 1.57. The maximum atomic E-state index is 14.1. The van der Waals surface area contributed by atoms with Crippen molar-refractivity contribution < 1.29 is 23.9 Å². The molecule has 2 aliphatic rings. The molecule has 190 valence electrons. The molecule has 0 radical (unpaired) electrons. The van der Waals surface area contributed by atoms with Gasteiger partial charge in [-0.25, -0.2) is 0 Å². The van der Waals surface area contributed by atoms with Gasteiger partial charge in [-0.1, -0.05) is 13.8 Å². The van der Waals surface area contributed by atoms with E-state index in [0.29, 0.717) is 48.1 Å². The van der Waals surface area contributed by atoms with Crippen molar-refractivity contribution in [3.63, 3.8) is 0 Å². The van der Waals surface area contributed by atoms with Crippen LogP contribution in [0, 0.1) is 5.92 Å². The van der Waals surface area contributed by atoms with Crippen LogP contribution < -0.4 is 15.4 Å². The molecule has 9 heteroatoms. The molecule has 3 amide bonds. The van der Waals surface area contributed by atoms with Crippen LogP contribution in [0.2, 0.25) is 0 Å². The topological polar surface area (TPSA) is 102 Å². The van der Waals surface area contributed by atoms with E-state index >= 15 is 0 Å². The quantitative estimate of drug-likeness (QED) is 0.599. The number of ether oxygens (including phenoxy) is 2. The zero-order valence-electron chi connectivity index (χ0n) is 21.3. The molecule has 1 aromatic carbocycles. The molecule has 2 aliphatic heterocycles. The Labute approximate surface area is 206 Å². The number of hydrogen-bond acceptors (Lipinski definition) is 5. The third-order valence-electron chi connectivity index (χ3n) is 6.99. The molecule has 0 aliphatic carbocycles. The highest BCUT2D eigenvalue weighted by atomic mass is 16.5. The van der Waals surface area contributed by atoms with Crippen molar-refractivity contribution in [2.75, 3.05) is 32.1 Å². The number of methoxy groups -OCH3 is 1. The number of nitrogens with zero attached hydrogens (tertiary/aromatic N) is 2. The zero-order valence-corrected chi connectivity index (χ0v) is 21.3. The number of carbonyl (C=O) groups excluding carboxylic acids is 3. The maximum Gasteiger partial charge on any atom is 0.273 e. The van der Waals surface area contributed by atoms with E-state index in [4.69, 9.17) is 9.47 Å². The van der Waals surface area contributed by atoms with Gasteiger partial charge in [-0.3, -0.25) is 14.4 Å². The van der Waals surface area contributed by atoms with Crippen LogP contribution in [0.3, 0.4) is 0 Å². The van der Waals surface area contributed by atoms with Crippen molar-refractivity contribution in [1.82, 2.24) is 14.8 Å². The number of nitrogens with one attached hydrogen (secondary N) is 2. The highest BCUT2D eigenvalue weighted by molar-refractivity contribution is 6.14. The summed E-state index contributed by atoms with van der Waals surface area (Å²) >= 11 is 0. The standard InChI is InChI=1S/C26H36N4O5/c1-16(2)10-11-27-25(33)26(4)15-29-21-9-8-18(34-5)13-20(21)22(28-17(3)31)23(29)24(32)30(26)14-19-7-6-12-35-19/h8-9,13,16,19H,6-7,10-12,14-15H2,1-5H3,(H,27,33)(H,28,31)/t19-,26+/m1/s1. The second kappa shape index (κ2) is 9.89. The van der Waals surface area contributed by atoms with Gasteiger partial charge >= 0.3 is 0 Å². The maximum absolute atomic E-state index is 14.1. The van der Waals surface area contributed by atoms with Crippen molar-refractivity contribution in [2.24, 2.45) is 5.92 Å². The van der Waals surface area contributed by atoms with Gasteiger partial charge in [0.1, 0.15) is 17.0 Å². The molecule has 0 spiro atoms. The molecule has 35 heavy (non-hydrogen) atoms. The monoisotopic (exact) mass is 484 g/mol. The van der Waals surface area contributed by atoms with Gasteiger partial charge in [0, 0.05) is 32.0 Å². The van der Waals surface area contributed by atoms with Crippen LogP contribution in [-0.2, 0) is 20.9 Å². The van der Waals surface area contributed by atoms with Crippen molar-refractivity contribution >= 4 is 34.3 Å². The number of anilines is 1. The predicted molar refractivity (Wildman–Crippen MR) is 134 cm³/mol. The lowest BCUT2D eigenvalue weighted by molar-refractivity contribution is -0.133. The Morgan fingerprint density at radius 1 is 1.31 bits per heavy atom. The first kappa shape index (κ1) is 25.0. The Bertz CT molecular complexity index is 1130. The third kappa shape index (κ3) is 4.74. The number of rotatable bonds is 8. The average molecular weight is 485 g/mol. The lowest BCUT2D eigenvalue weighted by Gasteiger charge is -2.45. The normalized spacial score (nSPS) is 21.9. The molecule has 1 aromatic heterocycles. The molecule has 4 rings (SSSR count). The molecule has 2 atom stereocenters. The van der Waals surface area contributed by atoms with Crippen LogP contribution in [0.4, 0.5) is 5.69 Å². The number of amides is 3. The van der Waals surface area contributed by atoms with E-state index in [0.717, 1.165) is 24.8 Å². The van der Waals surface area contributed by atoms with Gasteiger partial charge < -0.3 is 29.6 Å². The molecule has 0 bridgehead atoms. The second-order valence-electron chi connectivity index (χ2n) is 10.1. The minimum Gasteiger partial charge on any atom is -0.497 e. The fraction of sp³-hybridized carbons (Fsp3) is 0.577. The van der Waals surface area contributed by atoms with Gasteiger partial charge in [0.2, 0.25) is 11.8 Å². The summed E-state index contributed by atoms with van der Waals surface area (Å²) < 4.78 is 13.1. The van der Waals surface area contributed by atoms with E-state index in [2.05, 4.69) is 24.5 Å². The molecular formula is C26H36N4O5. The molecule has 2 aromatic rings. The van der Waals surface area contributed by atoms with Crippen LogP contribution in [0.25, 0.3) is 10.9 Å². The fourth-order valence-corrected chi connectivity index (χ4v) is 5.03. The molecule has 1 fully saturated rings. The average Bonchev–Trinajstić information content (AvgIpc) is 3.42. The van der Waals surface area contributed by atoms with Gasteiger partial charge in [0.25, 0.3) is 5.91 Å². The second-order valence-corrected chi connectivity index (χ2v) is 10.1. The van der Waals surface area contributed by atoms with Crippen LogP contribution in [0.1, 0.15) is 57.4 Å². The molecule has 3 heterocycles. The summed E-state index contributed by atoms with van der Waals surface area (Å²) in [5.74, 6) is 0.305. The van der Waals surface area contributed by atoms with E-state index in [1.54, 1.807) is 12.0 Å². The summed E-state index contributed by atoms with van der Waals surface area (Å²) in [5.41, 5.74) is 0.452. The minimum atomic E-state index is -1.12. The Hall–Kier alpha value is -3.07. The van der Waals surface area contributed by atoms with Crippen molar-refractivity contribution in [3.8, 4) is 5.75 Å². The summed E-state index contributed by atoms with van der Waals surface area (Å²) in [6, 6.07) is 5.49. The smallest absolute Gasteiger partial charge is 0.273 e. The van der Waals surface area contributed by atoms with Gasteiger partial charge in [0.05, 0.1) is 31.0 Å². The molecule has 0 unspecified atom stereocenters. The predicted octanol–water partition coefficient (Wildman–Crippen LogP) is 3.16. The summed E-state index contributed by atoms with van der Waals surface area (Å²) in [5, 5.41) is 6.62. The lowest BCUT2D eigenvalue weighted by Crippen LogP contribution is -2.65. The summed E-state index contributed by atoms with van der Waals surface area (Å²) in [6.45, 7) is 9.23. The first-order valence-electron chi connectivity index (χ1n) is 12.4. The molecule has 1 saturated heterocycles. The highest BCUT2D eigenvalue weighted by Gasteiger charge is 2.49. The Morgan fingerprint density at radius 2 is 2.09 bits per heavy atom. The molecule has 0 saturated carbocycles. The number of aromatic nitrogens is 1. The SMILES string of the molecule is COc1ccc2c(c1)c(NC(C)=O)c1n2C[C@@](C)(C(=O)NCCC(C)C)N(C[C@H]2CCCO2)C1=O. The van der Waals surface area contributed by atoms with E-state index in [9.17, 15) is 14.4 Å². The van der Waals surface area contributed by atoms with Crippen LogP contribution >= 0.6 is 0 Å². The van der Waals surface area contributed by atoms with E-state index < -0.39 is 5.54 Å². The first-order chi connectivity index (χ1) is 16.7. The third-order valence-corrected chi connectivity index (χ3v) is 6.99. The van der Waals surface area contributed by atoms with E-state index in [-0.39, 0.29) is 30.4 Å².